The number of aromatic hydroxyl groups is 1. The van der Waals surface area contributed by atoms with Crippen LogP contribution in [0, 0.1) is 20.8 Å². The van der Waals surface area contributed by atoms with E-state index < -0.39 is 5.97 Å². The first-order valence-corrected chi connectivity index (χ1v) is 10.00. The molecule has 0 bridgehead atoms. The molecule has 1 heterocycles. The van der Waals surface area contributed by atoms with E-state index in [1.807, 2.05) is 32.9 Å². The van der Waals surface area contributed by atoms with E-state index in [1.165, 1.54) is 24.8 Å². The van der Waals surface area contributed by atoms with Gasteiger partial charge >= 0.3 is 5.97 Å². The third kappa shape index (κ3) is 4.46. The molecule has 1 saturated carbocycles. The molecule has 1 aromatic carbocycles. The van der Waals surface area contributed by atoms with Crippen LogP contribution in [0.25, 0.3) is 0 Å². The number of rotatable bonds is 6. The smallest absolute Gasteiger partial charge is 0.341 e. The molecule has 0 atom stereocenters. The number of pyridine rings is 1. The number of hydrogen-bond acceptors (Lipinski definition) is 4. The Balaban J connectivity index is 1.87. The van der Waals surface area contributed by atoms with Gasteiger partial charge in [0.25, 0.3) is 0 Å². The molecule has 1 aliphatic rings. The molecule has 1 fully saturated rings. The lowest BCUT2D eigenvalue weighted by molar-refractivity contribution is -0.139. The van der Waals surface area contributed by atoms with Crippen LogP contribution in [-0.2, 0) is 11.2 Å². The number of nitrogens with zero attached hydrogens (tertiary/aromatic N) is 1. The Hall–Kier alpha value is -2.56. The minimum Gasteiger partial charge on any atom is -0.506 e. The van der Waals surface area contributed by atoms with E-state index in [1.54, 1.807) is 6.07 Å². The van der Waals surface area contributed by atoms with Gasteiger partial charge in [0.1, 0.15) is 11.5 Å². The summed E-state index contributed by atoms with van der Waals surface area (Å²) in [5.74, 6) is 0.284. The highest BCUT2D eigenvalue weighted by Crippen LogP contribution is 2.36. The highest BCUT2D eigenvalue weighted by atomic mass is 16.5. The molecule has 2 aromatic rings. The van der Waals surface area contributed by atoms with Gasteiger partial charge in [-0.2, -0.15) is 0 Å². The number of aryl methyl sites for hydroxylation is 1. The Bertz CT molecular complexity index is 869. The summed E-state index contributed by atoms with van der Waals surface area (Å²) in [7, 11) is 0. The zero-order valence-corrected chi connectivity index (χ0v) is 16.9. The average Bonchev–Trinajstić information content (AvgIpc) is 2.68. The van der Waals surface area contributed by atoms with Gasteiger partial charge in [-0.25, -0.2) is 4.79 Å². The number of carboxylic acid groups (broad SMARTS) is 1. The molecule has 1 aliphatic carbocycles. The zero-order valence-electron chi connectivity index (χ0n) is 16.9. The number of aliphatic carboxylic acids is 1. The Morgan fingerprint density at radius 2 is 1.86 bits per heavy atom. The summed E-state index contributed by atoms with van der Waals surface area (Å²) in [6.45, 7) is 5.65. The zero-order chi connectivity index (χ0) is 20.3. The van der Waals surface area contributed by atoms with Gasteiger partial charge in [0, 0.05) is 18.0 Å². The average molecular weight is 383 g/mol. The molecule has 0 aliphatic heterocycles. The highest BCUT2D eigenvalue weighted by molar-refractivity contribution is 5.68. The largest absolute Gasteiger partial charge is 0.506 e. The minimum absolute atomic E-state index is 0.303. The SMILES string of the molecule is Cc1cc(OCC(=O)O)c(C)c(C)c1Cc1ccc(O)c(C2CCCCC2)n1. The van der Waals surface area contributed by atoms with Crippen LogP contribution in [0.1, 0.15) is 71.7 Å². The fraction of sp³-hybridized carbons (Fsp3) is 0.478. The fourth-order valence-electron chi connectivity index (χ4n) is 4.13. The van der Waals surface area contributed by atoms with Crippen LogP contribution in [-0.4, -0.2) is 27.8 Å². The molecule has 0 saturated heterocycles. The normalized spacial score (nSPS) is 14.8. The molecule has 1 aromatic heterocycles. The number of carboxylic acids is 1. The van der Waals surface area contributed by atoms with E-state index in [-0.39, 0.29) is 6.61 Å². The third-order valence-electron chi connectivity index (χ3n) is 5.87. The van der Waals surface area contributed by atoms with Crippen molar-refractivity contribution in [1.82, 2.24) is 4.98 Å². The van der Waals surface area contributed by atoms with Crippen LogP contribution in [0.4, 0.5) is 0 Å². The summed E-state index contributed by atoms with van der Waals surface area (Å²) < 4.78 is 5.43. The summed E-state index contributed by atoms with van der Waals surface area (Å²) in [4.78, 5) is 15.6. The summed E-state index contributed by atoms with van der Waals surface area (Å²) in [6, 6.07) is 5.57. The first-order valence-electron chi connectivity index (χ1n) is 10.00. The molecular formula is C23H29NO4. The van der Waals surface area contributed by atoms with E-state index in [2.05, 4.69) is 0 Å². The first kappa shape index (κ1) is 20.2. The van der Waals surface area contributed by atoms with Crippen molar-refractivity contribution < 1.29 is 19.7 Å². The van der Waals surface area contributed by atoms with Crippen molar-refractivity contribution in [3.8, 4) is 11.5 Å². The van der Waals surface area contributed by atoms with Crippen LogP contribution in [0.15, 0.2) is 18.2 Å². The van der Waals surface area contributed by atoms with Gasteiger partial charge in [0.2, 0.25) is 0 Å². The van der Waals surface area contributed by atoms with Crippen molar-refractivity contribution in [2.45, 2.75) is 65.2 Å². The van der Waals surface area contributed by atoms with Crippen LogP contribution in [0.2, 0.25) is 0 Å². The lowest BCUT2D eigenvalue weighted by Crippen LogP contribution is -2.12. The lowest BCUT2D eigenvalue weighted by Gasteiger charge is -2.22. The lowest BCUT2D eigenvalue weighted by atomic mass is 9.86. The topological polar surface area (TPSA) is 79.7 Å². The Morgan fingerprint density at radius 1 is 1.14 bits per heavy atom. The number of benzene rings is 1. The standard InChI is InChI=1S/C23H29NO4/c1-14-11-21(28-13-22(26)27)16(3)15(2)19(14)12-18-9-10-20(25)23(24-18)17-7-5-4-6-8-17/h9-11,17,25H,4-8,12-13H2,1-3H3,(H,26,27). The molecule has 0 radical (unpaired) electrons. The van der Waals surface area contributed by atoms with Gasteiger partial charge in [-0.3, -0.25) is 4.98 Å². The van der Waals surface area contributed by atoms with Gasteiger partial charge in [0.15, 0.2) is 6.61 Å². The fourth-order valence-corrected chi connectivity index (χ4v) is 4.13. The Labute approximate surface area is 166 Å². The molecule has 28 heavy (non-hydrogen) atoms. The van der Waals surface area contributed by atoms with E-state index in [0.717, 1.165) is 40.9 Å². The van der Waals surface area contributed by atoms with Crippen molar-refractivity contribution in [1.29, 1.82) is 0 Å². The second-order valence-corrected chi connectivity index (χ2v) is 7.82. The van der Waals surface area contributed by atoms with Gasteiger partial charge in [0.05, 0.1) is 5.69 Å². The predicted molar refractivity (Wildman–Crippen MR) is 108 cm³/mol. The molecular weight excluding hydrogens is 354 g/mol. The summed E-state index contributed by atoms with van der Waals surface area (Å²) in [5.41, 5.74) is 6.06. The van der Waals surface area contributed by atoms with E-state index in [4.69, 9.17) is 14.8 Å². The molecule has 150 valence electrons. The quantitative estimate of drug-likeness (QED) is 0.748. The van der Waals surface area contributed by atoms with Crippen molar-refractivity contribution in [3.05, 3.63) is 51.8 Å². The van der Waals surface area contributed by atoms with Crippen molar-refractivity contribution >= 4 is 5.97 Å². The van der Waals surface area contributed by atoms with Crippen molar-refractivity contribution in [2.75, 3.05) is 6.61 Å². The van der Waals surface area contributed by atoms with Crippen molar-refractivity contribution in [2.24, 2.45) is 0 Å². The van der Waals surface area contributed by atoms with Gasteiger partial charge in [-0.1, -0.05) is 19.3 Å². The van der Waals surface area contributed by atoms with Gasteiger partial charge < -0.3 is 14.9 Å². The van der Waals surface area contributed by atoms with Crippen LogP contribution in [0.5, 0.6) is 11.5 Å². The maximum atomic E-state index is 10.8. The number of ether oxygens (including phenoxy) is 1. The first-order chi connectivity index (χ1) is 13.4. The summed E-state index contributed by atoms with van der Waals surface area (Å²) in [5, 5.41) is 19.2. The number of carbonyl (C=O) groups is 1. The van der Waals surface area contributed by atoms with E-state index in [0.29, 0.717) is 23.8 Å². The Kier molecular flexibility index (Phi) is 6.22. The third-order valence-corrected chi connectivity index (χ3v) is 5.87. The maximum absolute atomic E-state index is 10.8. The van der Waals surface area contributed by atoms with Crippen LogP contribution < -0.4 is 4.74 Å². The molecule has 5 nitrogen and oxygen atoms in total. The molecule has 0 unspecified atom stereocenters. The molecule has 3 rings (SSSR count). The highest BCUT2D eigenvalue weighted by Gasteiger charge is 2.21. The predicted octanol–water partition coefficient (Wildman–Crippen LogP) is 4.81. The molecule has 0 amide bonds. The maximum Gasteiger partial charge on any atom is 0.341 e. The monoisotopic (exact) mass is 383 g/mol. The van der Waals surface area contributed by atoms with Crippen LogP contribution >= 0.6 is 0 Å². The summed E-state index contributed by atoms with van der Waals surface area (Å²) in [6.07, 6.45) is 6.53. The van der Waals surface area contributed by atoms with Crippen LogP contribution in [0.3, 0.4) is 0 Å². The number of hydrogen-bond donors (Lipinski definition) is 2. The van der Waals surface area contributed by atoms with Gasteiger partial charge in [-0.15, -0.1) is 0 Å². The number of aromatic nitrogens is 1. The van der Waals surface area contributed by atoms with E-state index in [9.17, 15) is 9.90 Å². The van der Waals surface area contributed by atoms with E-state index >= 15 is 0 Å². The Morgan fingerprint density at radius 3 is 2.54 bits per heavy atom. The minimum atomic E-state index is -0.984. The molecule has 2 N–H and O–H groups in total. The molecule has 0 spiro atoms. The van der Waals surface area contributed by atoms with Gasteiger partial charge in [-0.05, 0) is 74.1 Å². The molecule has 5 heteroatoms. The van der Waals surface area contributed by atoms with Crippen molar-refractivity contribution in [3.63, 3.8) is 0 Å². The second-order valence-electron chi connectivity index (χ2n) is 7.82. The second kappa shape index (κ2) is 8.63. The summed E-state index contributed by atoms with van der Waals surface area (Å²) >= 11 is 0.